The van der Waals surface area contributed by atoms with Gasteiger partial charge in [0.05, 0.1) is 0 Å². The predicted octanol–water partition coefficient (Wildman–Crippen LogP) is 15.6. The lowest BCUT2D eigenvalue weighted by Crippen LogP contribution is -2.30. The maximum absolute atomic E-state index is 12.7. The zero-order chi connectivity index (χ0) is 43.0. The Kier molecular flexibility index (Phi) is 44.5. The molecular formula is C53H88O6. The number of hydrogen-bond acceptors (Lipinski definition) is 6. The Hall–Kier alpha value is -3.41. The normalized spacial score (nSPS) is 12.8. The van der Waals surface area contributed by atoms with Crippen molar-refractivity contribution in [2.45, 2.75) is 219 Å². The first-order valence-electron chi connectivity index (χ1n) is 24.1. The molecule has 6 heteroatoms. The van der Waals surface area contributed by atoms with Gasteiger partial charge >= 0.3 is 17.9 Å². The molecule has 59 heavy (non-hydrogen) atoms. The molecule has 0 aliphatic carbocycles. The second-order valence-corrected chi connectivity index (χ2v) is 15.6. The molecule has 0 rings (SSSR count). The summed E-state index contributed by atoms with van der Waals surface area (Å²) in [6.45, 7) is 6.40. The Morgan fingerprint density at radius 2 is 0.661 bits per heavy atom. The van der Waals surface area contributed by atoms with Crippen LogP contribution in [0.2, 0.25) is 0 Å². The molecule has 0 N–H and O–H groups in total. The topological polar surface area (TPSA) is 78.9 Å². The summed E-state index contributed by atoms with van der Waals surface area (Å²) in [6.07, 6.45) is 59.9. The maximum Gasteiger partial charge on any atom is 0.306 e. The molecule has 6 nitrogen and oxygen atoms in total. The minimum absolute atomic E-state index is 0.105. The molecule has 0 heterocycles. The summed E-state index contributed by atoms with van der Waals surface area (Å²) in [5.41, 5.74) is 0. The SMILES string of the molecule is CC/C=C\C/C=C\C/C=C\C/C=C\CCCCC(=O)O[C@H](COC(=O)CCCC/C=C\C/C=C\C/C=C\CCCCC)COC(=O)CCCCCCCCCCCCC. The van der Waals surface area contributed by atoms with Gasteiger partial charge in [-0.1, -0.05) is 183 Å². The van der Waals surface area contributed by atoms with E-state index in [0.717, 1.165) is 89.9 Å². The lowest BCUT2D eigenvalue weighted by Gasteiger charge is -2.18. The van der Waals surface area contributed by atoms with E-state index in [9.17, 15) is 14.4 Å². The summed E-state index contributed by atoms with van der Waals surface area (Å²) >= 11 is 0. The average molecular weight is 821 g/mol. The van der Waals surface area contributed by atoms with E-state index in [1.54, 1.807) is 0 Å². The quantitative estimate of drug-likeness (QED) is 0.0264. The molecule has 0 aliphatic rings. The number of carbonyl (C=O) groups excluding carboxylic acids is 3. The molecule has 0 aromatic carbocycles. The maximum atomic E-state index is 12.7. The van der Waals surface area contributed by atoms with Gasteiger partial charge in [0.2, 0.25) is 0 Å². The number of allylic oxidation sites excluding steroid dienone is 14. The van der Waals surface area contributed by atoms with E-state index < -0.39 is 6.10 Å². The third kappa shape index (κ3) is 45.5. The lowest BCUT2D eigenvalue weighted by molar-refractivity contribution is -0.167. The van der Waals surface area contributed by atoms with E-state index in [4.69, 9.17) is 14.2 Å². The summed E-state index contributed by atoms with van der Waals surface area (Å²) in [7, 11) is 0. The summed E-state index contributed by atoms with van der Waals surface area (Å²) in [4.78, 5) is 37.8. The highest BCUT2D eigenvalue weighted by Crippen LogP contribution is 2.13. The van der Waals surface area contributed by atoms with Gasteiger partial charge in [-0.15, -0.1) is 0 Å². The molecule has 1 atom stereocenters. The number of esters is 3. The molecule has 0 radical (unpaired) electrons. The number of rotatable bonds is 42. The third-order valence-corrected chi connectivity index (χ3v) is 9.88. The van der Waals surface area contributed by atoms with E-state index in [0.29, 0.717) is 19.3 Å². The van der Waals surface area contributed by atoms with Gasteiger partial charge in [-0.25, -0.2) is 0 Å². The molecule has 0 aromatic rings. The van der Waals surface area contributed by atoms with Crippen LogP contribution in [0.5, 0.6) is 0 Å². The molecule has 0 spiro atoms. The fraction of sp³-hybridized carbons (Fsp3) is 0.679. The highest BCUT2D eigenvalue weighted by molar-refractivity contribution is 5.71. The number of ether oxygens (including phenoxy) is 3. The van der Waals surface area contributed by atoms with Gasteiger partial charge < -0.3 is 14.2 Å². The van der Waals surface area contributed by atoms with Gasteiger partial charge in [0.15, 0.2) is 6.10 Å². The first-order valence-corrected chi connectivity index (χ1v) is 24.1. The molecule has 0 amide bonds. The molecule has 0 bridgehead atoms. The van der Waals surface area contributed by atoms with Crippen LogP contribution < -0.4 is 0 Å². The monoisotopic (exact) mass is 821 g/mol. The van der Waals surface area contributed by atoms with Gasteiger partial charge in [0.1, 0.15) is 13.2 Å². The highest BCUT2D eigenvalue weighted by Gasteiger charge is 2.19. The van der Waals surface area contributed by atoms with Gasteiger partial charge in [0.25, 0.3) is 0 Å². The van der Waals surface area contributed by atoms with Crippen molar-refractivity contribution in [2.24, 2.45) is 0 Å². The Morgan fingerprint density at radius 3 is 1.07 bits per heavy atom. The van der Waals surface area contributed by atoms with Crippen LogP contribution in [0.4, 0.5) is 0 Å². The standard InChI is InChI=1S/C53H88O6/c1-4-7-10-13-16-19-22-24-26-28-31-34-37-40-43-46-52(55)58-49-50(48-57-51(54)45-42-39-36-33-30-21-18-15-12-9-6-3)59-53(56)47-44-41-38-35-32-29-27-25-23-20-17-14-11-8-5-2/h8,11,16-17,19-20,24-27,31-32,34-35,50H,4-7,9-10,12-15,18,21-23,28-30,33,36-49H2,1-3H3/b11-8-,19-16-,20-17-,26-24-,27-25-,34-31-,35-32-/t50-/m0/s1. The predicted molar refractivity (Wildman–Crippen MR) is 251 cm³/mol. The van der Waals surface area contributed by atoms with Crippen LogP contribution >= 0.6 is 0 Å². The first kappa shape index (κ1) is 55.6. The van der Waals surface area contributed by atoms with Gasteiger partial charge in [-0.2, -0.15) is 0 Å². The van der Waals surface area contributed by atoms with Crippen molar-refractivity contribution in [2.75, 3.05) is 13.2 Å². The van der Waals surface area contributed by atoms with Crippen molar-refractivity contribution in [1.82, 2.24) is 0 Å². The number of carbonyl (C=O) groups is 3. The van der Waals surface area contributed by atoms with Gasteiger partial charge in [-0.05, 0) is 96.3 Å². The van der Waals surface area contributed by atoms with Crippen molar-refractivity contribution in [3.05, 3.63) is 85.1 Å². The lowest BCUT2D eigenvalue weighted by atomic mass is 10.1. The van der Waals surface area contributed by atoms with Crippen LogP contribution in [0, 0.1) is 0 Å². The molecule has 0 unspecified atom stereocenters. The van der Waals surface area contributed by atoms with Crippen LogP contribution in [0.25, 0.3) is 0 Å². The summed E-state index contributed by atoms with van der Waals surface area (Å²) in [6, 6.07) is 0. The van der Waals surface area contributed by atoms with E-state index in [1.165, 1.54) is 77.0 Å². The first-order chi connectivity index (χ1) is 29.0. The van der Waals surface area contributed by atoms with E-state index >= 15 is 0 Å². The Balaban J connectivity index is 4.52. The zero-order valence-corrected chi connectivity index (χ0v) is 38.2. The van der Waals surface area contributed by atoms with E-state index in [-0.39, 0.29) is 37.5 Å². The average Bonchev–Trinajstić information content (AvgIpc) is 3.23. The van der Waals surface area contributed by atoms with E-state index in [1.807, 2.05) is 0 Å². The molecule has 0 aromatic heterocycles. The Bertz CT molecular complexity index is 1170. The van der Waals surface area contributed by atoms with Crippen molar-refractivity contribution >= 4 is 17.9 Å². The van der Waals surface area contributed by atoms with Crippen molar-refractivity contribution < 1.29 is 28.6 Å². The molecule has 0 saturated heterocycles. The van der Waals surface area contributed by atoms with Gasteiger partial charge in [-0.3, -0.25) is 14.4 Å². The third-order valence-electron chi connectivity index (χ3n) is 9.88. The fourth-order valence-corrected chi connectivity index (χ4v) is 6.26. The van der Waals surface area contributed by atoms with Crippen LogP contribution in [-0.4, -0.2) is 37.2 Å². The summed E-state index contributed by atoms with van der Waals surface area (Å²) in [5, 5.41) is 0. The zero-order valence-electron chi connectivity index (χ0n) is 38.2. The largest absolute Gasteiger partial charge is 0.462 e. The molecular weight excluding hydrogens is 733 g/mol. The van der Waals surface area contributed by atoms with Crippen molar-refractivity contribution in [3.8, 4) is 0 Å². The summed E-state index contributed by atoms with van der Waals surface area (Å²) < 4.78 is 16.7. The second-order valence-electron chi connectivity index (χ2n) is 15.6. The van der Waals surface area contributed by atoms with Crippen LogP contribution in [-0.2, 0) is 28.6 Å². The van der Waals surface area contributed by atoms with Crippen LogP contribution in [0.15, 0.2) is 85.1 Å². The Labute approximate surface area is 363 Å². The molecule has 336 valence electrons. The number of unbranched alkanes of at least 4 members (excludes halogenated alkanes) is 17. The highest BCUT2D eigenvalue weighted by atomic mass is 16.6. The molecule has 0 saturated carbocycles. The van der Waals surface area contributed by atoms with Crippen molar-refractivity contribution in [3.63, 3.8) is 0 Å². The van der Waals surface area contributed by atoms with Gasteiger partial charge in [0, 0.05) is 19.3 Å². The molecule has 0 aliphatic heterocycles. The molecule has 0 fully saturated rings. The minimum atomic E-state index is -0.811. The second kappa shape index (κ2) is 47.3. The Morgan fingerprint density at radius 1 is 0.356 bits per heavy atom. The summed E-state index contributed by atoms with van der Waals surface area (Å²) in [5.74, 6) is -0.992. The van der Waals surface area contributed by atoms with Crippen LogP contribution in [0.3, 0.4) is 0 Å². The van der Waals surface area contributed by atoms with E-state index in [2.05, 4.69) is 106 Å². The minimum Gasteiger partial charge on any atom is -0.462 e. The fourth-order valence-electron chi connectivity index (χ4n) is 6.26. The number of hydrogen-bond donors (Lipinski definition) is 0. The van der Waals surface area contributed by atoms with Crippen LogP contribution in [0.1, 0.15) is 213 Å². The van der Waals surface area contributed by atoms with Crippen molar-refractivity contribution in [1.29, 1.82) is 0 Å². The smallest absolute Gasteiger partial charge is 0.306 e.